The van der Waals surface area contributed by atoms with Gasteiger partial charge in [0.15, 0.2) is 0 Å². The van der Waals surface area contributed by atoms with Crippen molar-refractivity contribution in [3.05, 3.63) is 35.4 Å². The largest absolute Gasteiger partial charge is 0.462 e. The van der Waals surface area contributed by atoms with Gasteiger partial charge in [0.25, 0.3) is 0 Å². The average molecular weight is 290 g/mol. The molecule has 1 aliphatic rings. The summed E-state index contributed by atoms with van der Waals surface area (Å²) in [7, 11) is 0. The fourth-order valence-corrected chi connectivity index (χ4v) is 2.67. The Morgan fingerprint density at radius 3 is 2.14 bits per heavy atom. The van der Waals surface area contributed by atoms with Gasteiger partial charge < -0.3 is 9.47 Å². The Morgan fingerprint density at radius 1 is 1.00 bits per heavy atom. The van der Waals surface area contributed by atoms with Gasteiger partial charge in [0, 0.05) is 0 Å². The predicted molar refractivity (Wildman–Crippen MR) is 79.3 cm³/mol. The molecule has 21 heavy (non-hydrogen) atoms. The number of rotatable bonds is 5. The van der Waals surface area contributed by atoms with Gasteiger partial charge in [0.1, 0.15) is 0 Å². The molecule has 0 N–H and O–H groups in total. The number of ether oxygens (including phenoxy) is 2. The van der Waals surface area contributed by atoms with Crippen molar-refractivity contribution >= 4 is 11.9 Å². The van der Waals surface area contributed by atoms with E-state index in [0.29, 0.717) is 12.5 Å². The van der Waals surface area contributed by atoms with E-state index in [9.17, 15) is 9.59 Å². The summed E-state index contributed by atoms with van der Waals surface area (Å²) in [4.78, 5) is 24.0. The van der Waals surface area contributed by atoms with Crippen molar-refractivity contribution in [3.63, 3.8) is 0 Å². The van der Waals surface area contributed by atoms with Crippen molar-refractivity contribution in [3.8, 4) is 0 Å². The Balaban J connectivity index is 1.99. The van der Waals surface area contributed by atoms with Gasteiger partial charge in [0.05, 0.1) is 24.3 Å². The number of carbonyl (C=O) groups is 2. The van der Waals surface area contributed by atoms with Gasteiger partial charge in [0.2, 0.25) is 0 Å². The van der Waals surface area contributed by atoms with Gasteiger partial charge in [-0.1, -0.05) is 31.4 Å². The number of hydrogen-bond acceptors (Lipinski definition) is 4. The maximum atomic E-state index is 12.2. The zero-order chi connectivity index (χ0) is 15.1. The van der Waals surface area contributed by atoms with Crippen LogP contribution in [0.15, 0.2) is 24.3 Å². The van der Waals surface area contributed by atoms with E-state index in [4.69, 9.17) is 9.47 Å². The lowest BCUT2D eigenvalue weighted by atomic mass is 9.90. The highest BCUT2D eigenvalue weighted by atomic mass is 16.5. The Kier molecular flexibility index (Phi) is 5.78. The van der Waals surface area contributed by atoms with Crippen molar-refractivity contribution in [2.24, 2.45) is 5.92 Å². The molecule has 1 fully saturated rings. The normalized spacial score (nSPS) is 15.5. The number of esters is 2. The van der Waals surface area contributed by atoms with E-state index >= 15 is 0 Å². The van der Waals surface area contributed by atoms with Gasteiger partial charge in [-0.05, 0) is 37.8 Å². The third-order valence-electron chi connectivity index (χ3n) is 3.82. The molecule has 1 saturated carbocycles. The molecule has 0 radical (unpaired) electrons. The Morgan fingerprint density at radius 2 is 1.57 bits per heavy atom. The maximum Gasteiger partial charge on any atom is 0.339 e. The third-order valence-corrected chi connectivity index (χ3v) is 3.82. The molecule has 4 heteroatoms. The molecule has 114 valence electrons. The van der Waals surface area contributed by atoms with E-state index in [1.807, 2.05) is 0 Å². The van der Waals surface area contributed by atoms with E-state index in [2.05, 4.69) is 0 Å². The standard InChI is InChI=1S/C17H22O4/c1-2-20-16(18)14-10-6-7-11-15(14)17(19)21-12-13-8-4-3-5-9-13/h6-7,10-11,13H,2-5,8-9,12H2,1H3. The van der Waals surface area contributed by atoms with Crippen molar-refractivity contribution < 1.29 is 19.1 Å². The molecule has 2 rings (SSSR count). The topological polar surface area (TPSA) is 52.6 Å². The van der Waals surface area contributed by atoms with Crippen LogP contribution in [0, 0.1) is 5.92 Å². The zero-order valence-electron chi connectivity index (χ0n) is 12.5. The summed E-state index contributed by atoms with van der Waals surface area (Å²) in [6.07, 6.45) is 5.93. The molecule has 1 aromatic rings. The minimum Gasteiger partial charge on any atom is -0.462 e. The first kappa shape index (κ1) is 15.5. The van der Waals surface area contributed by atoms with E-state index in [0.717, 1.165) is 12.8 Å². The average Bonchev–Trinajstić information content (AvgIpc) is 2.54. The number of hydrogen-bond donors (Lipinski definition) is 0. The molecular formula is C17H22O4. The summed E-state index contributed by atoms with van der Waals surface area (Å²) < 4.78 is 10.4. The highest BCUT2D eigenvalue weighted by Gasteiger charge is 2.20. The van der Waals surface area contributed by atoms with E-state index in [1.54, 1.807) is 31.2 Å². The third kappa shape index (κ3) is 4.31. The molecule has 0 bridgehead atoms. The van der Waals surface area contributed by atoms with E-state index in [1.165, 1.54) is 19.3 Å². The Hall–Kier alpha value is -1.84. The van der Waals surface area contributed by atoms with Gasteiger partial charge in [-0.15, -0.1) is 0 Å². The first-order chi connectivity index (χ1) is 10.2. The first-order valence-electron chi connectivity index (χ1n) is 7.65. The number of benzene rings is 1. The minimum absolute atomic E-state index is 0.271. The van der Waals surface area contributed by atoms with Crippen LogP contribution in [0.25, 0.3) is 0 Å². The van der Waals surface area contributed by atoms with Crippen LogP contribution in [0.2, 0.25) is 0 Å². The zero-order valence-corrected chi connectivity index (χ0v) is 12.5. The van der Waals surface area contributed by atoms with Crippen molar-refractivity contribution in [2.75, 3.05) is 13.2 Å². The molecule has 1 aromatic carbocycles. The second kappa shape index (κ2) is 7.81. The summed E-state index contributed by atoms with van der Waals surface area (Å²) in [6.45, 7) is 2.46. The lowest BCUT2D eigenvalue weighted by Gasteiger charge is -2.21. The molecule has 0 aliphatic heterocycles. The van der Waals surface area contributed by atoms with Crippen LogP contribution in [-0.2, 0) is 9.47 Å². The fraction of sp³-hybridized carbons (Fsp3) is 0.529. The number of carbonyl (C=O) groups excluding carboxylic acids is 2. The van der Waals surface area contributed by atoms with Crippen molar-refractivity contribution in [1.29, 1.82) is 0 Å². The SMILES string of the molecule is CCOC(=O)c1ccccc1C(=O)OCC1CCCCC1. The molecule has 0 spiro atoms. The Labute approximate surface area is 125 Å². The molecule has 0 amide bonds. The van der Waals surface area contributed by atoms with Crippen molar-refractivity contribution in [1.82, 2.24) is 0 Å². The van der Waals surface area contributed by atoms with Crippen LogP contribution >= 0.6 is 0 Å². The lowest BCUT2D eigenvalue weighted by Crippen LogP contribution is -2.19. The van der Waals surface area contributed by atoms with Crippen LogP contribution in [-0.4, -0.2) is 25.2 Å². The summed E-state index contributed by atoms with van der Waals surface area (Å²) in [5, 5.41) is 0. The van der Waals surface area contributed by atoms with Crippen LogP contribution < -0.4 is 0 Å². The summed E-state index contributed by atoms with van der Waals surface area (Å²) >= 11 is 0. The quantitative estimate of drug-likeness (QED) is 0.777. The molecular weight excluding hydrogens is 268 g/mol. The molecule has 0 heterocycles. The highest BCUT2D eigenvalue weighted by Crippen LogP contribution is 2.24. The first-order valence-corrected chi connectivity index (χ1v) is 7.65. The van der Waals surface area contributed by atoms with Crippen LogP contribution in [0.1, 0.15) is 59.7 Å². The fourth-order valence-electron chi connectivity index (χ4n) is 2.67. The molecule has 0 saturated heterocycles. The molecule has 0 atom stereocenters. The highest BCUT2D eigenvalue weighted by molar-refractivity contribution is 6.03. The summed E-state index contributed by atoms with van der Waals surface area (Å²) in [6, 6.07) is 6.63. The Bertz CT molecular complexity index is 489. The smallest absolute Gasteiger partial charge is 0.339 e. The summed E-state index contributed by atoms with van der Waals surface area (Å²) in [5.74, 6) is -0.468. The lowest BCUT2D eigenvalue weighted by molar-refractivity contribution is 0.0394. The van der Waals surface area contributed by atoms with E-state index < -0.39 is 11.9 Å². The minimum atomic E-state index is -0.484. The van der Waals surface area contributed by atoms with Crippen LogP contribution in [0.4, 0.5) is 0 Å². The molecule has 0 unspecified atom stereocenters. The molecule has 0 aromatic heterocycles. The molecule has 1 aliphatic carbocycles. The van der Waals surface area contributed by atoms with Gasteiger partial charge in [-0.25, -0.2) is 9.59 Å². The second-order valence-corrected chi connectivity index (χ2v) is 5.37. The predicted octanol–water partition coefficient (Wildman–Crippen LogP) is 3.60. The summed E-state index contributed by atoms with van der Waals surface area (Å²) in [5.41, 5.74) is 0.555. The van der Waals surface area contributed by atoms with Gasteiger partial charge in [-0.2, -0.15) is 0 Å². The van der Waals surface area contributed by atoms with Gasteiger partial charge in [-0.3, -0.25) is 0 Å². The van der Waals surface area contributed by atoms with Crippen LogP contribution in [0.5, 0.6) is 0 Å². The van der Waals surface area contributed by atoms with E-state index in [-0.39, 0.29) is 17.7 Å². The second-order valence-electron chi connectivity index (χ2n) is 5.37. The molecule has 4 nitrogen and oxygen atoms in total. The van der Waals surface area contributed by atoms with Crippen molar-refractivity contribution in [2.45, 2.75) is 39.0 Å². The monoisotopic (exact) mass is 290 g/mol. The van der Waals surface area contributed by atoms with Gasteiger partial charge >= 0.3 is 11.9 Å². The maximum absolute atomic E-state index is 12.2. The van der Waals surface area contributed by atoms with Crippen LogP contribution in [0.3, 0.4) is 0 Å².